The lowest BCUT2D eigenvalue weighted by Gasteiger charge is -2.21. The van der Waals surface area contributed by atoms with Crippen molar-refractivity contribution >= 4 is 33.5 Å². The SMILES string of the molecule is Cc1cc(C)cc(C[C@@H](C(=O)Nc2ccc(C)c(Br)c2)[C@H](C)C(=O)O)c1. The minimum absolute atomic E-state index is 0.283. The molecule has 0 aliphatic heterocycles. The van der Waals surface area contributed by atoms with Gasteiger partial charge in [0, 0.05) is 10.2 Å². The first-order valence-corrected chi connectivity index (χ1v) is 9.33. The third-order valence-electron chi connectivity index (χ3n) is 4.51. The average Bonchev–Trinajstić information content (AvgIpc) is 2.54. The van der Waals surface area contributed by atoms with Gasteiger partial charge in [-0.1, -0.05) is 58.2 Å². The van der Waals surface area contributed by atoms with Gasteiger partial charge >= 0.3 is 5.97 Å². The summed E-state index contributed by atoms with van der Waals surface area (Å²) in [6.07, 6.45) is 0.384. The van der Waals surface area contributed by atoms with Crippen molar-refractivity contribution in [2.75, 3.05) is 5.32 Å². The minimum Gasteiger partial charge on any atom is -0.481 e. The van der Waals surface area contributed by atoms with Crippen LogP contribution in [0.4, 0.5) is 5.69 Å². The van der Waals surface area contributed by atoms with Crippen LogP contribution in [-0.2, 0) is 16.0 Å². The molecule has 0 unspecified atom stereocenters. The quantitative estimate of drug-likeness (QED) is 0.702. The molecule has 0 saturated heterocycles. The Labute approximate surface area is 162 Å². The predicted molar refractivity (Wildman–Crippen MR) is 107 cm³/mol. The summed E-state index contributed by atoms with van der Waals surface area (Å²) in [6.45, 7) is 7.54. The van der Waals surface area contributed by atoms with Crippen LogP contribution in [0.1, 0.15) is 29.2 Å². The Bertz CT molecular complexity index is 812. The number of amides is 1. The molecule has 2 rings (SSSR count). The van der Waals surface area contributed by atoms with Crippen LogP contribution in [0.2, 0.25) is 0 Å². The second-order valence-corrected chi connectivity index (χ2v) is 7.74. The van der Waals surface area contributed by atoms with Crippen molar-refractivity contribution in [3.63, 3.8) is 0 Å². The molecule has 2 aromatic rings. The van der Waals surface area contributed by atoms with Crippen LogP contribution in [0.25, 0.3) is 0 Å². The van der Waals surface area contributed by atoms with E-state index in [0.717, 1.165) is 26.7 Å². The Balaban J connectivity index is 2.26. The van der Waals surface area contributed by atoms with Crippen LogP contribution in [0.15, 0.2) is 40.9 Å². The zero-order chi connectivity index (χ0) is 19.4. The van der Waals surface area contributed by atoms with Crippen molar-refractivity contribution < 1.29 is 14.7 Å². The van der Waals surface area contributed by atoms with Crippen LogP contribution >= 0.6 is 15.9 Å². The molecule has 2 atom stereocenters. The maximum atomic E-state index is 12.8. The number of halogens is 1. The molecule has 5 heteroatoms. The predicted octanol–water partition coefficient (Wildman–Crippen LogP) is 4.89. The van der Waals surface area contributed by atoms with Gasteiger partial charge in [-0.05, 0) is 50.5 Å². The third kappa shape index (κ3) is 5.18. The number of carboxylic acids is 1. The number of anilines is 1. The van der Waals surface area contributed by atoms with Gasteiger partial charge in [0.15, 0.2) is 0 Å². The van der Waals surface area contributed by atoms with Crippen LogP contribution in [-0.4, -0.2) is 17.0 Å². The van der Waals surface area contributed by atoms with E-state index in [4.69, 9.17) is 0 Å². The summed E-state index contributed by atoms with van der Waals surface area (Å²) in [7, 11) is 0. The molecule has 2 aromatic carbocycles. The smallest absolute Gasteiger partial charge is 0.307 e. The Morgan fingerprint density at radius 2 is 1.69 bits per heavy atom. The second kappa shape index (κ2) is 8.49. The van der Waals surface area contributed by atoms with E-state index in [1.165, 1.54) is 0 Å². The number of benzene rings is 2. The summed E-state index contributed by atoms with van der Waals surface area (Å²) in [4.78, 5) is 24.4. The Morgan fingerprint density at radius 1 is 1.08 bits per heavy atom. The fourth-order valence-corrected chi connectivity index (χ4v) is 3.39. The third-order valence-corrected chi connectivity index (χ3v) is 5.36. The number of rotatable bonds is 6. The van der Waals surface area contributed by atoms with Crippen LogP contribution in [0.5, 0.6) is 0 Å². The lowest BCUT2D eigenvalue weighted by Crippen LogP contribution is -2.33. The first kappa shape index (κ1) is 20.2. The summed E-state index contributed by atoms with van der Waals surface area (Å²) in [5.74, 6) is -2.70. The first-order chi connectivity index (χ1) is 12.2. The monoisotopic (exact) mass is 417 g/mol. The average molecular weight is 418 g/mol. The minimum atomic E-state index is -0.973. The summed E-state index contributed by atoms with van der Waals surface area (Å²) in [5.41, 5.74) is 4.89. The van der Waals surface area contributed by atoms with E-state index >= 15 is 0 Å². The Morgan fingerprint density at radius 3 is 2.23 bits per heavy atom. The van der Waals surface area contributed by atoms with Crippen LogP contribution in [0, 0.1) is 32.6 Å². The van der Waals surface area contributed by atoms with Gasteiger partial charge in [0.05, 0.1) is 11.8 Å². The highest BCUT2D eigenvalue weighted by atomic mass is 79.9. The molecule has 2 N–H and O–H groups in total. The summed E-state index contributed by atoms with van der Waals surface area (Å²) in [6, 6.07) is 11.6. The molecule has 0 aliphatic rings. The molecule has 0 radical (unpaired) electrons. The van der Waals surface area contributed by atoms with Crippen molar-refractivity contribution in [1.29, 1.82) is 0 Å². The zero-order valence-electron chi connectivity index (χ0n) is 15.5. The van der Waals surface area contributed by atoms with Crippen molar-refractivity contribution in [3.8, 4) is 0 Å². The van der Waals surface area contributed by atoms with Crippen LogP contribution in [0.3, 0.4) is 0 Å². The van der Waals surface area contributed by atoms with Gasteiger partial charge < -0.3 is 10.4 Å². The topological polar surface area (TPSA) is 66.4 Å². The normalized spacial score (nSPS) is 13.1. The Kier molecular flexibility index (Phi) is 6.59. The molecule has 26 heavy (non-hydrogen) atoms. The van der Waals surface area contributed by atoms with Gasteiger partial charge in [0.1, 0.15) is 0 Å². The number of nitrogens with one attached hydrogen (secondary N) is 1. The molecule has 138 valence electrons. The van der Waals surface area contributed by atoms with E-state index < -0.39 is 17.8 Å². The molecular formula is C21H24BrNO3. The maximum absolute atomic E-state index is 12.8. The molecule has 1 amide bonds. The van der Waals surface area contributed by atoms with Crippen molar-refractivity contribution in [3.05, 3.63) is 63.1 Å². The molecule has 0 aliphatic carbocycles. The van der Waals surface area contributed by atoms with Gasteiger partial charge in [0.2, 0.25) is 5.91 Å². The number of aliphatic carboxylic acids is 1. The lowest BCUT2D eigenvalue weighted by atomic mass is 9.86. The molecule has 0 aromatic heterocycles. The number of hydrogen-bond donors (Lipinski definition) is 2. The van der Waals surface area contributed by atoms with E-state index in [1.807, 2.05) is 51.1 Å². The van der Waals surface area contributed by atoms with E-state index in [1.54, 1.807) is 6.92 Å². The zero-order valence-corrected chi connectivity index (χ0v) is 17.1. The standard InChI is InChI=1S/C21H24BrNO3/c1-12-7-13(2)9-16(8-12)10-18(15(4)21(25)26)20(24)23-17-6-5-14(3)19(22)11-17/h5-9,11,15,18H,10H2,1-4H3,(H,23,24)(H,25,26)/t15-,18+/m0/s1. The molecular weight excluding hydrogens is 394 g/mol. The number of hydrogen-bond acceptors (Lipinski definition) is 2. The summed E-state index contributed by atoms with van der Waals surface area (Å²) >= 11 is 3.45. The largest absolute Gasteiger partial charge is 0.481 e. The molecule has 0 saturated carbocycles. The van der Waals surface area contributed by atoms with E-state index in [0.29, 0.717) is 12.1 Å². The van der Waals surface area contributed by atoms with Gasteiger partial charge in [-0.3, -0.25) is 9.59 Å². The van der Waals surface area contributed by atoms with Gasteiger partial charge in [0.25, 0.3) is 0 Å². The van der Waals surface area contributed by atoms with E-state index in [-0.39, 0.29) is 5.91 Å². The summed E-state index contributed by atoms with van der Waals surface area (Å²) < 4.78 is 0.896. The van der Waals surface area contributed by atoms with Gasteiger partial charge in [-0.15, -0.1) is 0 Å². The van der Waals surface area contributed by atoms with E-state index in [9.17, 15) is 14.7 Å². The number of carbonyl (C=O) groups is 2. The first-order valence-electron chi connectivity index (χ1n) is 8.54. The van der Waals surface area contributed by atoms with Crippen molar-refractivity contribution in [1.82, 2.24) is 0 Å². The molecule has 0 bridgehead atoms. The number of carbonyl (C=O) groups excluding carboxylic acids is 1. The molecule has 0 spiro atoms. The molecule has 4 nitrogen and oxygen atoms in total. The maximum Gasteiger partial charge on any atom is 0.307 e. The lowest BCUT2D eigenvalue weighted by molar-refractivity contribution is -0.145. The fourth-order valence-electron chi connectivity index (χ4n) is 3.01. The van der Waals surface area contributed by atoms with Gasteiger partial charge in [-0.2, -0.15) is 0 Å². The number of aryl methyl sites for hydroxylation is 3. The van der Waals surface area contributed by atoms with Gasteiger partial charge in [-0.25, -0.2) is 0 Å². The van der Waals surface area contributed by atoms with Crippen molar-refractivity contribution in [2.45, 2.75) is 34.1 Å². The number of carboxylic acid groups (broad SMARTS) is 1. The highest BCUT2D eigenvalue weighted by Crippen LogP contribution is 2.24. The highest BCUT2D eigenvalue weighted by molar-refractivity contribution is 9.10. The summed E-state index contributed by atoms with van der Waals surface area (Å²) in [5, 5.41) is 12.3. The molecule has 0 heterocycles. The Hall–Kier alpha value is -2.14. The van der Waals surface area contributed by atoms with Crippen molar-refractivity contribution in [2.24, 2.45) is 11.8 Å². The highest BCUT2D eigenvalue weighted by Gasteiger charge is 2.30. The fraction of sp³-hybridized carbons (Fsp3) is 0.333. The molecule has 0 fully saturated rings. The van der Waals surface area contributed by atoms with Crippen LogP contribution < -0.4 is 5.32 Å². The second-order valence-electron chi connectivity index (χ2n) is 6.89. The van der Waals surface area contributed by atoms with E-state index in [2.05, 4.69) is 27.3 Å².